The molecule has 3 nitrogen and oxygen atoms in total. The first kappa shape index (κ1) is 13.3. The maximum atomic E-state index is 5.92. The Bertz CT molecular complexity index is 222. The van der Waals surface area contributed by atoms with Crippen molar-refractivity contribution in [3.05, 3.63) is 0 Å². The van der Waals surface area contributed by atoms with E-state index in [1.807, 2.05) is 0 Å². The molecule has 0 spiro atoms. The molecule has 1 saturated carbocycles. The van der Waals surface area contributed by atoms with Gasteiger partial charge in [-0.1, -0.05) is 6.92 Å². The first-order valence-electron chi connectivity index (χ1n) is 7.35. The Morgan fingerprint density at radius 1 is 1.29 bits per heavy atom. The molecule has 0 aromatic carbocycles. The molecule has 100 valence electrons. The molecule has 1 aliphatic heterocycles. The van der Waals surface area contributed by atoms with Crippen LogP contribution < -0.4 is 5.32 Å². The standard InChI is InChI=1S/C14H28N2O/c1-3-9-17-13-5-4-8-16(11-13)14-7-6-12(14)10-15-2/h12-15H,3-11H2,1-2H3. The maximum absolute atomic E-state index is 5.92. The van der Waals surface area contributed by atoms with Crippen LogP contribution in [-0.2, 0) is 4.74 Å². The van der Waals surface area contributed by atoms with Crippen LogP contribution in [0.1, 0.15) is 39.0 Å². The summed E-state index contributed by atoms with van der Waals surface area (Å²) in [5, 5.41) is 3.33. The van der Waals surface area contributed by atoms with E-state index in [4.69, 9.17) is 4.74 Å². The van der Waals surface area contributed by atoms with Crippen molar-refractivity contribution in [2.75, 3.05) is 33.3 Å². The minimum atomic E-state index is 0.500. The zero-order chi connectivity index (χ0) is 12.1. The van der Waals surface area contributed by atoms with Crippen molar-refractivity contribution in [3.63, 3.8) is 0 Å². The SMILES string of the molecule is CCCOC1CCCN(C2CCC2CNC)C1. The molecule has 2 rings (SSSR count). The van der Waals surface area contributed by atoms with E-state index in [1.54, 1.807) is 0 Å². The minimum Gasteiger partial charge on any atom is -0.377 e. The monoisotopic (exact) mass is 240 g/mol. The number of nitrogens with one attached hydrogen (secondary N) is 1. The lowest BCUT2D eigenvalue weighted by Crippen LogP contribution is -2.54. The average molecular weight is 240 g/mol. The van der Waals surface area contributed by atoms with Gasteiger partial charge in [0.1, 0.15) is 0 Å². The van der Waals surface area contributed by atoms with Gasteiger partial charge in [0.05, 0.1) is 6.10 Å². The summed E-state index contributed by atoms with van der Waals surface area (Å²) in [6, 6.07) is 0.829. The van der Waals surface area contributed by atoms with E-state index in [1.165, 1.54) is 45.3 Å². The van der Waals surface area contributed by atoms with E-state index in [0.717, 1.165) is 25.0 Å². The minimum absolute atomic E-state index is 0.500. The average Bonchev–Trinajstić information content (AvgIpc) is 2.32. The van der Waals surface area contributed by atoms with Gasteiger partial charge in [0.15, 0.2) is 0 Å². The molecule has 17 heavy (non-hydrogen) atoms. The van der Waals surface area contributed by atoms with Crippen molar-refractivity contribution < 1.29 is 4.74 Å². The van der Waals surface area contributed by atoms with Gasteiger partial charge < -0.3 is 10.1 Å². The van der Waals surface area contributed by atoms with Gasteiger partial charge >= 0.3 is 0 Å². The van der Waals surface area contributed by atoms with E-state index in [0.29, 0.717) is 6.10 Å². The van der Waals surface area contributed by atoms with Crippen LogP contribution in [0.25, 0.3) is 0 Å². The number of likely N-dealkylation sites (tertiary alicyclic amines) is 1. The number of nitrogens with zero attached hydrogens (tertiary/aromatic N) is 1. The molecule has 1 saturated heterocycles. The van der Waals surface area contributed by atoms with Crippen LogP contribution in [0.4, 0.5) is 0 Å². The van der Waals surface area contributed by atoms with Crippen molar-refractivity contribution >= 4 is 0 Å². The predicted molar refractivity (Wildman–Crippen MR) is 71.3 cm³/mol. The van der Waals surface area contributed by atoms with Gasteiger partial charge in [-0.15, -0.1) is 0 Å². The van der Waals surface area contributed by atoms with Gasteiger partial charge in [0.2, 0.25) is 0 Å². The van der Waals surface area contributed by atoms with Crippen LogP contribution in [0.3, 0.4) is 0 Å². The molecule has 2 aliphatic rings. The molecule has 1 aliphatic carbocycles. The summed E-state index contributed by atoms with van der Waals surface area (Å²) < 4.78 is 5.92. The maximum Gasteiger partial charge on any atom is 0.0702 e. The van der Waals surface area contributed by atoms with Crippen LogP contribution >= 0.6 is 0 Å². The summed E-state index contributed by atoms with van der Waals surface area (Å²) in [5.74, 6) is 0.880. The molecular formula is C14H28N2O. The van der Waals surface area contributed by atoms with Crippen LogP contribution in [-0.4, -0.2) is 50.3 Å². The number of rotatable bonds is 6. The molecule has 2 fully saturated rings. The molecule has 0 bridgehead atoms. The molecule has 0 aromatic heterocycles. The second-order valence-corrected chi connectivity index (χ2v) is 5.59. The number of piperidine rings is 1. The van der Waals surface area contributed by atoms with E-state index >= 15 is 0 Å². The highest BCUT2D eigenvalue weighted by Gasteiger charge is 2.36. The first-order chi connectivity index (χ1) is 8.35. The second-order valence-electron chi connectivity index (χ2n) is 5.59. The van der Waals surface area contributed by atoms with Crippen molar-refractivity contribution in [2.24, 2.45) is 5.92 Å². The zero-order valence-electron chi connectivity index (χ0n) is 11.5. The Kier molecular flexibility index (Phi) is 5.26. The third-order valence-corrected chi connectivity index (χ3v) is 4.28. The van der Waals surface area contributed by atoms with E-state index < -0.39 is 0 Å². The zero-order valence-corrected chi connectivity index (χ0v) is 11.5. The van der Waals surface area contributed by atoms with Gasteiger partial charge in [-0.2, -0.15) is 0 Å². The number of hydrogen-bond acceptors (Lipinski definition) is 3. The molecular weight excluding hydrogens is 212 g/mol. The van der Waals surface area contributed by atoms with Crippen LogP contribution in [0.2, 0.25) is 0 Å². The van der Waals surface area contributed by atoms with E-state index in [-0.39, 0.29) is 0 Å². The topological polar surface area (TPSA) is 24.5 Å². The summed E-state index contributed by atoms with van der Waals surface area (Å²) in [7, 11) is 2.07. The molecule has 3 atom stereocenters. The van der Waals surface area contributed by atoms with Crippen molar-refractivity contribution in [3.8, 4) is 0 Å². The second kappa shape index (κ2) is 6.72. The fourth-order valence-corrected chi connectivity index (χ4v) is 3.22. The molecule has 0 amide bonds. The lowest BCUT2D eigenvalue weighted by molar-refractivity contribution is -0.0391. The molecule has 3 unspecified atom stereocenters. The quantitative estimate of drug-likeness (QED) is 0.767. The summed E-state index contributed by atoms with van der Waals surface area (Å²) in [6.07, 6.45) is 7.02. The highest BCUT2D eigenvalue weighted by Crippen LogP contribution is 2.33. The Morgan fingerprint density at radius 2 is 2.18 bits per heavy atom. The van der Waals surface area contributed by atoms with Crippen LogP contribution in [0.15, 0.2) is 0 Å². The molecule has 1 N–H and O–H groups in total. The highest BCUT2D eigenvalue weighted by atomic mass is 16.5. The van der Waals surface area contributed by atoms with Crippen LogP contribution in [0, 0.1) is 5.92 Å². The Labute approximate surface area is 106 Å². The van der Waals surface area contributed by atoms with Gasteiger partial charge in [0.25, 0.3) is 0 Å². The Balaban J connectivity index is 1.76. The largest absolute Gasteiger partial charge is 0.377 e. The number of ether oxygens (including phenoxy) is 1. The Morgan fingerprint density at radius 3 is 2.82 bits per heavy atom. The van der Waals surface area contributed by atoms with Crippen molar-refractivity contribution in [1.29, 1.82) is 0 Å². The van der Waals surface area contributed by atoms with Gasteiger partial charge in [0, 0.05) is 19.2 Å². The summed E-state index contributed by atoms with van der Waals surface area (Å²) in [4.78, 5) is 2.69. The normalized spacial score (nSPS) is 34.6. The first-order valence-corrected chi connectivity index (χ1v) is 7.35. The van der Waals surface area contributed by atoms with Gasteiger partial charge in [-0.3, -0.25) is 4.90 Å². The lowest BCUT2D eigenvalue weighted by atomic mass is 9.77. The summed E-state index contributed by atoms with van der Waals surface area (Å²) in [5.41, 5.74) is 0. The van der Waals surface area contributed by atoms with Gasteiger partial charge in [-0.25, -0.2) is 0 Å². The molecule has 0 radical (unpaired) electrons. The predicted octanol–water partition coefficient (Wildman–Crippen LogP) is 1.88. The highest BCUT2D eigenvalue weighted by molar-refractivity contribution is 4.92. The summed E-state index contributed by atoms with van der Waals surface area (Å²) >= 11 is 0. The molecule has 3 heteroatoms. The van der Waals surface area contributed by atoms with Crippen molar-refractivity contribution in [1.82, 2.24) is 10.2 Å². The van der Waals surface area contributed by atoms with Crippen molar-refractivity contribution in [2.45, 2.75) is 51.2 Å². The van der Waals surface area contributed by atoms with E-state index in [9.17, 15) is 0 Å². The smallest absolute Gasteiger partial charge is 0.0702 e. The fraction of sp³-hybridized carbons (Fsp3) is 1.00. The molecule has 0 aromatic rings. The lowest BCUT2D eigenvalue weighted by Gasteiger charge is -2.47. The summed E-state index contributed by atoms with van der Waals surface area (Å²) in [6.45, 7) is 6.77. The van der Waals surface area contributed by atoms with Gasteiger partial charge in [-0.05, 0) is 58.2 Å². The fourth-order valence-electron chi connectivity index (χ4n) is 3.22. The molecule has 1 heterocycles. The van der Waals surface area contributed by atoms with E-state index in [2.05, 4.69) is 24.2 Å². The third-order valence-electron chi connectivity index (χ3n) is 4.28. The third kappa shape index (κ3) is 3.43. The number of hydrogen-bond donors (Lipinski definition) is 1. The van der Waals surface area contributed by atoms with Crippen LogP contribution in [0.5, 0.6) is 0 Å². The Hall–Kier alpha value is -0.120.